The van der Waals surface area contributed by atoms with Gasteiger partial charge in [-0.3, -0.25) is 9.59 Å². The quantitative estimate of drug-likeness (QED) is 0.733. The Hall–Kier alpha value is -3.42. The van der Waals surface area contributed by atoms with E-state index in [9.17, 15) is 9.59 Å². The van der Waals surface area contributed by atoms with Crippen molar-refractivity contribution >= 4 is 11.8 Å². The second-order valence-electron chi connectivity index (χ2n) is 6.84. The van der Waals surface area contributed by atoms with Gasteiger partial charge in [0.25, 0.3) is 11.8 Å². The maximum absolute atomic E-state index is 12.8. The van der Waals surface area contributed by atoms with Crippen molar-refractivity contribution in [1.29, 1.82) is 0 Å². The number of aryl methyl sites for hydroxylation is 2. The van der Waals surface area contributed by atoms with Crippen LogP contribution in [-0.2, 0) is 19.6 Å². The highest BCUT2D eigenvalue weighted by Crippen LogP contribution is 2.16. The van der Waals surface area contributed by atoms with Gasteiger partial charge in [-0.15, -0.1) is 0 Å². The molecule has 8 nitrogen and oxygen atoms in total. The Kier molecular flexibility index (Phi) is 4.68. The van der Waals surface area contributed by atoms with Crippen molar-refractivity contribution < 1.29 is 14.1 Å². The number of imidazole rings is 1. The van der Waals surface area contributed by atoms with Crippen molar-refractivity contribution in [2.75, 3.05) is 6.54 Å². The zero-order chi connectivity index (χ0) is 19.7. The number of aromatic nitrogens is 3. The highest BCUT2D eigenvalue weighted by molar-refractivity contribution is 5.96. The van der Waals surface area contributed by atoms with Crippen LogP contribution in [0.2, 0.25) is 0 Å². The highest BCUT2D eigenvalue weighted by atomic mass is 16.5. The molecule has 2 aromatic heterocycles. The molecule has 0 saturated heterocycles. The summed E-state index contributed by atoms with van der Waals surface area (Å²) in [6.45, 7) is 5.65. The minimum Gasteiger partial charge on any atom is -0.361 e. The van der Waals surface area contributed by atoms with Gasteiger partial charge < -0.3 is 19.3 Å². The molecule has 1 aliphatic rings. The lowest BCUT2D eigenvalue weighted by Crippen LogP contribution is -2.39. The molecular weight excluding hydrogens is 358 g/mol. The Morgan fingerprint density at radius 2 is 2.00 bits per heavy atom. The second kappa shape index (κ2) is 7.30. The van der Waals surface area contributed by atoms with E-state index in [4.69, 9.17) is 4.52 Å². The summed E-state index contributed by atoms with van der Waals surface area (Å²) in [6.07, 6.45) is 1.63. The van der Waals surface area contributed by atoms with Gasteiger partial charge in [-0.2, -0.15) is 0 Å². The molecule has 2 amide bonds. The summed E-state index contributed by atoms with van der Waals surface area (Å²) in [5, 5.41) is 6.69. The van der Waals surface area contributed by atoms with Crippen molar-refractivity contribution in [3.05, 3.63) is 70.6 Å². The monoisotopic (exact) mass is 379 g/mol. The van der Waals surface area contributed by atoms with Crippen LogP contribution in [0.3, 0.4) is 0 Å². The van der Waals surface area contributed by atoms with E-state index >= 15 is 0 Å². The molecule has 0 unspecified atom stereocenters. The number of rotatable bonds is 5. The molecular formula is C20H21N5O3. The molecule has 28 heavy (non-hydrogen) atoms. The topological polar surface area (TPSA) is 93.3 Å². The normalized spacial score (nSPS) is 13.5. The van der Waals surface area contributed by atoms with Crippen LogP contribution in [0.4, 0.5) is 0 Å². The second-order valence-corrected chi connectivity index (χ2v) is 6.84. The van der Waals surface area contributed by atoms with Crippen LogP contribution in [0, 0.1) is 13.8 Å². The molecule has 0 atom stereocenters. The summed E-state index contributed by atoms with van der Waals surface area (Å²) in [5.74, 6) is 0.475. The van der Waals surface area contributed by atoms with Gasteiger partial charge in [-0.05, 0) is 19.4 Å². The van der Waals surface area contributed by atoms with Crippen molar-refractivity contribution in [3.8, 4) is 0 Å². The Labute approximate surface area is 162 Å². The molecule has 3 aromatic rings. The van der Waals surface area contributed by atoms with Crippen molar-refractivity contribution in [1.82, 2.24) is 24.9 Å². The van der Waals surface area contributed by atoms with Crippen molar-refractivity contribution in [3.63, 3.8) is 0 Å². The number of carbonyl (C=O) groups excluding carboxylic acids is 2. The molecule has 144 valence electrons. The summed E-state index contributed by atoms with van der Waals surface area (Å²) in [6, 6.07) is 9.82. The van der Waals surface area contributed by atoms with E-state index < -0.39 is 0 Å². The predicted molar refractivity (Wildman–Crippen MR) is 101 cm³/mol. The number of carbonyl (C=O) groups is 2. The summed E-state index contributed by atoms with van der Waals surface area (Å²) < 4.78 is 6.85. The van der Waals surface area contributed by atoms with E-state index in [-0.39, 0.29) is 17.5 Å². The largest absolute Gasteiger partial charge is 0.361 e. The minimum atomic E-state index is -0.329. The van der Waals surface area contributed by atoms with Gasteiger partial charge in [0.15, 0.2) is 5.82 Å². The van der Waals surface area contributed by atoms with E-state index in [1.54, 1.807) is 22.6 Å². The van der Waals surface area contributed by atoms with E-state index in [1.165, 1.54) is 0 Å². The molecule has 0 saturated carbocycles. The van der Waals surface area contributed by atoms with Crippen LogP contribution in [0.15, 0.2) is 41.1 Å². The Morgan fingerprint density at radius 1 is 1.21 bits per heavy atom. The smallest absolute Gasteiger partial charge is 0.290 e. The number of hydrogen-bond donors (Lipinski definition) is 1. The number of fused-ring (bicyclic) bond motifs is 1. The summed E-state index contributed by atoms with van der Waals surface area (Å²) in [7, 11) is 0. The summed E-state index contributed by atoms with van der Waals surface area (Å²) in [4.78, 5) is 31.3. The van der Waals surface area contributed by atoms with E-state index in [1.807, 2.05) is 37.3 Å². The van der Waals surface area contributed by atoms with Crippen LogP contribution in [-0.4, -0.2) is 38.0 Å². The fourth-order valence-electron chi connectivity index (χ4n) is 3.31. The van der Waals surface area contributed by atoms with Crippen LogP contribution >= 0.6 is 0 Å². The molecule has 3 heterocycles. The molecule has 0 radical (unpaired) electrons. The first kappa shape index (κ1) is 18.0. The third kappa shape index (κ3) is 3.40. The Morgan fingerprint density at radius 3 is 2.71 bits per heavy atom. The van der Waals surface area contributed by atoms with Gasteiger partial charge in [0, 0.05) is 37.9 Å². The van der Waals surface area contributed by atoms with E-state index in [0.717, 1.165) is 16.8 Å². The highest BCUT2D eigenvalue weighted by Gasteiger charge is 2.28. The standard InChI is InChI=1S/C20H21N5O3/c1-13-16(14(2)28-23-13)10-21-19(26)17-12-24-8-9-25(20(27)18(24)22-17)11-15-6-4-3-5-7-15/h3-7,12H,8-11H2,1-2H3,(H,21,26). The molecule has 1 aliphatic heterocycles. The zero-order valence-electron chi connectivity index (χ0n) is 15.8. The van der Waals surface area contributed by atoms with Gasteiger partial charge >= 0.3 is 0 Å². The first-order valence-electron chi connectivity index (χ1n) is 9.13. The number of hydrogen-bond acceptors (Lipinski definition) is 5. The van der Waals surface area contributed by atoms with Gasteiger partial charge in [0.1, 0.15) is 11.5 Å². The van der Waals surface area contributed by atoms with Crippen LogP contribution in [0.25, 0.3) is 0 Å². The van der Waals surface area contributed by atoms with E-state index in [2.05, 4.69) is 15.5 Å². The lowest BCUT2D eigenvalue weighted by atomic mass is 10.2. The first-order valence-corrected chi connectivity index (χ1v) is 9.13. The summed E-state index contributed by atoms with van der Waals surface area (Å²) >= 11 is 0. The van der Waals surface area contributed by atoms with Gasteiger partial charge in [-0.25, -0.2) is 4.98 Å². The third-order valence-electron chi connectivity index (χ3n) is 4.92. The zero-order valence-corrected chi connectivity index (χ0v) is 15.8. The van der Waals surface area contributed by atoms with Crippen molar-refractivity contribution in [2.45, 2.75) is 33.5 Å². The van der Waals surface area contributed by atoms with Gasteiger partial charge in [0.05, 0.1) is 5.69 Å². The Bertz CT molecular complexity index is 1000. The fraction of sp³-hybridized carbons (Fsp3) is 0.300. The van der Waals surface area contributed by atoms with Crippen molar-refractivity contribution in [2.24, 2.45) is 0 Å². The molecule has 4 rings (SSSR count). The number of benzene rings is 1. The SMILES string of the molecule is Cc1noc(C)c1CNC(=O)c1cn2c(n1)C(=O)N(Cc1ccccc1)CC2. The Balaban J connectivity index is 1.45. The molecule has 0 fully saturated rings. The molecule has 0 spiro atoms. The lowest BCUT2D eigenvalue weighted by Gasteiger charge is -2.27. The average Bonchev–Trinajstić information content (AvgIpc) is 3.27. The number of nitrogens with zero attached hydrogens (tertiary/aromatic N) is 4. The third-order valence-corrected chi connectivity index (χ3v) is 4.92. The average molecular weight is 379 g/mol. The minimum absolute atomic E-state index is 0.167. The molecule has 1 aromatic carbocycles. The fourth-order valence-corrected chi connectivity index (χ4v) is 3.31. The maximum Gasteiger partial charge on any atom is 0.290 e. The van der Waals surface area contributed by atoms with Crippen LogP contribution in [0.5, 0.6) is 0 Å². The van der Waals surface area contributed by atoms with Crippen LogP contribution in [0.1, 0.15) is 43.7 Å². The molecule has 1 N–H and O–H groups in total. The number of amides is 2. The summed E-state index contributed by atoms with van der Waals surface area (Å²) in [5.41, 5.74) is 2.89. The lowest BCUT2D eigenvalue weighted by molar-refractivity contribution is 0.0683. The maximum atomic E-state index is 12.8. The van der Waals surface area contributed by atoms with E-state index in [0.29, 0.717) is 37.8 Å². The predicted octanol–water partition coefficient (Wildman–Crippen LogP) is 2.07. The molecule has 8 heteroatoms. The molecule has 0 bridgehead atoms. The first-order chi connectivity index (χ1) is 13.5. The molecule has 0 aliphatic carbocycles. The van der Waals surface area contributed by atoms with Gasteiger partial charge in [0.2, 0.25) is 0 Å². The van der Waals surface area contributed by atoms with Gasteiger partial charge in [-0.1, -0.05) is 35.5 Å². The number of nitrogens with one attached hydrogen (secondary N) is 1. The van der Waals surface area contributed by atoms with Crippen LogP contribution < -0.4 is 5.32 Å².